The third-order valence-electron chi connectivity index (χ3n) is 2.35. The van der Waals surface area contributed by atoms with Crippen molar-refractivity contribution in [2.75, 3.05) is 0 Å². The molecule has 8 heteroatoms. The van der Waals surface area contributed by atoms with Gasteiger partial charge in [0.15, 0.2) is 11.7 Å². The molecule has 0 saturated carbocycles. The number of hydrogen-bond donors (Lipinski definition) is 2. The smallest absolute Gasteiger partial charge is 0.171 e. The van der Waals surface area contributed by atoms with Gasteiger partial charge in [-0.3, -0.25) is 0 Å². The third kappa shape index (κ3) is 3.23. The number of nitrogens with zero attached hydrogens (tertiary/aromatic N) is 2. The quantitative estimate of drug-likeness (QED) is 0.369. The highest BCUT2D eigenvalue weighted by molar-refractivity contribution is 9.10. The van der Waals surface area contributed by atoms with Crippen molar-refractivity contribution in [1.29, 1.82) is 0 Å². The number of amidine groups is 1. The molecule has 0 radical (unpaired) electrons. The van der Waals surface area contributed by atoms with Crippen molar-refractivity contribution in [1.82, 2.24) is 4.98 Å². The monoisotopic (exact) mass is 375 g/mol. The van der Waals surface area contributed by atoms with E-state index in [0.29, 0.717) is 14.9 Å². The number of pyridine rings is 1. The van der Waals surface area contributed by atoms with Crippen LogP contribution in [0.1, 0.15) is 5.56 Å². The van der Waals surface area contributed by atoms with Gasteiger partial charge in [-0.1, -0.05) is 28.5 Å². The lowest BCUT2D eigenvalue weighted by Gasteiger charge is -2.08. The van der Waals surface area contributed by atoms with E-state index in [2.05, 4.69) is 26.1 Å². The molecule has 4 nitrogen and oxygen atoms in total. The van der Waals surface area contributed by atoms with E-state index < -0.39 is 5.82 Å². The molecule has 104 valence electrons. The second-order valence-electron chi connectivity index (χ2n) is 3.64. The molecule has 1 aromatic heterocycles. The lowest BCUT2D eigenvalue weighted by Crippen LogP contribution is -2.14. The first-order valence-electron chi connectivity index (χ1n) is 5.28. The van der Waals surface area contributed by atoms with Crippen molar-refractivity contribution in [2.45, 2.75) is 9.92 Å². The molecule has 0 amide bonds. The van der Waals surface area contributed by atoms with E-state index in [1.54, 1.807) is 18.2 Å². The lowest BCUT2D eigenvalue weighted by atomic mass is 10.2. The zero-order valence-corrected chi connectivity index (χ0v) is 13.0. The van der Waals surface area contributed by atoms with Crippen molar-refractivity contribution >= 4 is 45.1 Å². The summed E-state index contributed by atoms with van der Waals surface area (Å²) in [5, 5.41) is 12.6. The number of benzene rings is 1. The Hall–Kier alpha value is -1.31. The molecule has 0 atom stereocenters. The van der Waals surface area contributed by atoms with Gasteiger partial charge >= 0.3 is 0 Å². The topological polar surface area (TPSA) is 71.5 Å². The first kappa shape index (κ1) is 15.1. The Morgan fingerprint density at radius 3 is 2.75 bits per heavy atom. The van der Waals surface area contributed by atoms with Gasteiger partial charge in [-0.05, 0) is 40.2 Å². The van der Waals surface area contributed by atoms with Gasteiger partial charge in [-0.2, -0.15) is 0 Å². The van der Waals surface area contributed by atoms with Gasteiger partial charge in [-0.15, -0.1) is 0 Å². The van der Waals surface area contributed by atoms with Gasteiger partial charge in [0.1, 0.15) is 5.03 Å². The summed E-state index contributed by atoms with van der Waals surface area (Å²) in [7, 11) is 0. The van der Waals surface area contributed by atoms with Crippen molar-refractivity contribution in [2.24, 2.45) is 10.9 Å². The van der Waals surface area contributed by atoms with Crippen LogP contribution in [0.25, 0.3) is 0 Å². The van der Waals surface area contributed by atoms with Crippen molar-refractivity contribution < 1.29 is 9.60 Å². The molecule has 2 aromatic rings. The van der Waals surface area contributed by atoms with Gasteiger partial charge < -0.3 is 10.9 Å². The Morgan fingerprint density at radius 2 is 2.15 bits per heavy atom. The highest BCUT2D eigenvalue weighted by Gasteiger charge is 2.15. The maximum absolute atomic E-state index is 14.2. The molecular weight excluding hydrogens is 369 g/mol. The summed E-state index contributed by atoms with van der Waals surface area (Å²) in [6.07, 6.45) is 1.49. The van der Waals surface area contributed by atoms with Crippen LogP contribution in [0.4, 0.5) is 4.39 Å². The fourth-order valence-electron chi connectivity index (χ4n) is 1.40. The Bertz CT molecular complexity index is 666. The second-order valence-corrected chi connectivity index (χ2v) is 5.93. The number of rotatable bonds is 3. The van der Waals surface area contributed by atoms with Crippen LogP contribution >= 0.6 is 39.3 Å². The molecule has 3 N–H and O–H groups in total. The van der Waals surface area contributed by atoms with Crippen LogP contribution in [0.15, 0.2) is 50.0 Å². The molecule has 20 heavy (non-hydrogen) atoms. The zero-order chi connectivity index (χ0) is 14.7. The van der Waals surface area contributed by atoms with E-state index in [1.807, 2.05) is 0 Å². The van der Waals surface area contributed by atoms with Crippen LogP contribution < -0.4 is 5.73 Å². The summed E-state index contributed by atoms with van der Waals surface area (Å²) < 4.78 is 14.3. The average molecular weight is 377 g/mol. The Balaban J connectivity index is 2.34. The molecule has 1 aromatic carbocycles. The van der Waals surface area contributed by atoms with Crippen LogP contribution in [0.5, 0.6) is 0 Å². The Kier molecular flexibility index (Phi) is 4.85. The van der Waals surface area contributed by atoms with Gasteiger partial charge in [0.25, 0.3) is 0 Å². The number of nitrogens with two attached hydrogens (primary N) is 1. The summed E-state index contributed by atoms with van der Waals surface area (Å²) in [5.41, 5.74) is 5.73. The van der Waals surface area contributed by atoms with Gasteiger partial charge in [0.2, 0.25) is 0 Å². The molecule has 0 aliphatic rings. The molecule has 0 bridgehead atoms. The van der Waals surface area contributed by atoms with Crippen molar-refractivity contribution in [3.8, 4) is 0 Å². The first-order valence-corrected chi connectivity index (χ1v) is 7.27. The molecule has 2 rings (SSSR count). The van der Waals surface area contributed by atoms with Gasteiger partial charge in [0, 0.05) is 11.8 Å². The number of aromatic nitrogens is 1. The first-order chi connectivity index (χ1) is 9.52. The fourth-order valence-corrected chi connectivity index (χ4v) is 2.98. The van der Waals surface area contributed by atoms with E-state index in [9.17, 15) is 4.39 Å². The third-order valence-corrected chi connectivity index (χ3v) is 4.33. The zero-order valence-electron chi connectivity index (χ0n) is 9.85. The molecule has 0 saturated heterocycles. The normalized spacial score (nSPS) is 11.7. The van der Waals surface area contributed by atoms with Crippen LogP contribution in [0, 0.1) is 5.82 Å². The highest BCUT2D eigenvalue weighted by atomic mass is 79.9. The summed E-state index contributed by atoms with van der Waals surface area (Å²) >= 11 is 9.98. The largest absolute Gasteiger partial charge is 0.409 e. The van der Waals surface area contributed by atoms with E-state index in [1.165, 1.54) is 12.3 Å². The minimum Gasteiger partial charge on any atom is -0.409 e. The number of halogens is 3. The van der Waals surface area contributed by atoms with Crippen LogP contribution in [-0.4, -0.2) is 16.0 Å². The molecule has 0 spiro atoms. The second kappa shape index (κ2) is 6.43. The predicted molar refractivity (Wildman–Crippen MR) is 80.0 cm³/mol. The summed E-state index contributed by atoms with van der Waals surface area (Å²) in [6, 6.07) is 6.46. The van der Waals surface area contributed by atoms with Crippen LogP contribution in [0.2, 0.25) is 5.02 Å². The predicted octanol–water partition coefficient (Wildman–Crippen LogP) is 3.88. The maximum Gasteiger partial charge on any atom is 0.171 e. The van der Waals surface area contributed by atoms with E-state index in [4.69, 9.17) is 22.5 Å². The number of hydrogen-bond acceptors (Lipinski definition) is 4. The van der Waals surface area contributed by atoms with Crippen LogP contribution in [0.3, 0.4) is 0 Å². The lowest BCUT2D eigenvalue weighted by molar-refractivity contribution is 0.318. The van der Waals surface area contributed by atoms with E-state index in [0.717, 1.165) is 11.8 Å². The number of oxime groups is 1. The van der Waals surface area contributed by atoms with E-state index in [-0.39, 0.29) is 15.9 Å². The minimum atomic E-state index is -0.504. The summed E-state index contributed by atoms with van der Waals surface area (Å²) in [6.45, 7) is 0. The standard InChI is InChI=1S/C12H8BrClFN3OS/c13-10-7(12(16)18-19)2-3-8(11(10)15)20-9-4-1-6(14)5-17-9/h1-5,19H,(H2,16,18). The van der Waals surface area contributed by atoms with Gasteiger partial charge in [0.05, 0.1) is 14.4 Å². The summed E-state index contributed by atoms with van der Waals surface area (Å²) in [5.74, 6) is -0.673. The molecule has 0 aliphatic heterocycles. The van der Waals surface area contributed by atoms with E-state index >= 15 is 0 Å². The molecule has 0 aliphatic carbocycles. The Labute approximate surface area is 132 Å². The molecule has 0 unspecified atom stereocenters. The summed E-state index contributed by atoms with van der Waals surface area (Å²) in [4.78, 5) is 4.44. The molecule has 0 fully saturated rings. The van der Waals surface area contributed by atoms with Crippen molar-refractivity contribution in [3.05, 3.63) is 51.3 Å². The fraction of sp³-hybridized carbons (Fsp3) is 0. The molecular formula is C12H8BrClFN3OS. The SMILES string of the molecule is N/C(=N/O)c1ccc(Sc2ccc(Cl)cn2)c(F)c1Br. The highest BCUT2D eigenvalue weighted by Crippen LogP contribution is 2.33. The molecule has 1 heterocycles. The van der Waals surface area contributed by atoms with Crippen LogP contribution in [-0.2, 0) is 0 Å². The van der Waals surface area contributed by atoms with Crippen molar-refractivity contribution in [3.63, 3.8) is 0 Å². The minimum absolute atomic E-state index is 0.131. The Morgan fingerprint density at radius 1 is 1.40 bits per heavy atom. The average Bonchev–Trinajstić information content (AvgIpc) is 2.45. The maximum atomic E-state index is 14.2. The van der Waals surface area contributed by atoms with Gasteiger partial charge in [-0.25, -0.2) is 9.37 Å².